The van der Waals surface area contributed by atoms with E-state index in [0.29, 0.717) is 19.3 Å². The SMILES string of the molecule is OC1CCOCC1OC1CCC1. The minimum absolute atomic E-state index is 0.0657. The highest BCUT2D eigenvalue weighted by atomic mass is 16.6. The quantitative estimate of drug-likeness (QED) is 0.666. The lowest BCUT2D eigenvalue weighted by atomic mass is 9.95. The first-order valence-corrected chi connectivity index (χ1v) is 4.77. The Balaban J connectivity index is 1.76. The molecule has 1 aliphatic heterocycles. The van der Waals surface area contributed by atoms with E-state index in [4.69, 9.17) is 9.47 Å². The molecule has 0 bridgehead atoms. The van der Waals surface area contributed by atoms with Crippen LogP contribution in [0.1, 0.15) is 25.7 Å². The van der Waals surface area contributed by atoms with Gasteiger partial charge in [-0.05, 0) is 25.7 Å². The van der Waals surface area contributed by atoms with Gasteiger partial charge in [-0.2, -0.15) is 0 Å². The van der Waals surface area contributed by atoms with Gasteiger partial charge in [-0.25, -0.2) is 0 Å². The lowest BCUT2D eigenvalue weighted by Crippen LogP contribution is -2.42. The van der Waals surface area contributed by atoms with E-state index in [-0.39, 0.29) is 12.2 Å². The fraction of sp³-hybridized carbons (Fsp3) is 1.00. The third kappa shape index (κ3) is 1.79. The average Bonchev–Trinajstić information content (AvgIpc) is 2.00. The Labute approximate surface area is 72.7 Å². The predicted molar refractivity (Wildman–Crippen MR) is 44.0 cm³/mol. The van der Waals surface area contributed by atoms with Gasteiger partial charge in [0.05, 0.1) is 18.8 Å². The summed E-state index contributed by atoms with van der Waals surface area (Å²) in [5.74, 6) is 0. The maximum absolute atomic E-state index is 9.53. The van der Waals surface area contributed by atoms with Crippen LogP contribution in [-0.4, -0.2) is 36.6 Å². The van der Waals surface area contributed by atoms with E-state index in [0.717, 1.165) is 19.3 Å². The van der Waals surface area contributed by atoms with Crippen molar-refractivity contribution in [3.05, 3.63) is 0 Å². The van der Waals surface area contributed by atoms with Gasteiger partial charge in [0.15, 0.2) is 0 Å². The molecule has 0 aromatic heterocycles. The standard InChI is InChI=1S/C9H16O3/c10-8-4-5-11-6-9(8)12-7-2-1-3-7/h7-10H,1-6H2. The molecule has 0 spiro atoms. The van der Waals surface area contributed by atoms with E-state index in [1.54, 1.807) is 0 Å². The summed E-state index contributed by atoms with van der Waals surface area (Å²) in [4.78, 5) is 0. The Kier molecular flexibility index (Phi) is 2.63. The zero-order valence-electron chi connectivity index (χ0n) is 7.24. The molecule has 0 radical (unpaired) electrons. The fourth-order valence-electron chi connectivity index (χ4n) is 1.58. The second kappa shape index (κ2) is 3.73. The molecular weight excluding hydrogens is 156 g/mol. The van der Waals surface area contributed by atoms with Gasteiger partial charge in [-0.1, -0.05) is 0 Å². The molecule has 1 aliphatic carbocycles. The number of hydrogen-bond acceptors (Lipinski definition) is 3. The van der Waals surface area contributed by atoms with Gasteiger partial charge in [0, 0.05) is 6.61 Å². The molecule has 0 aromatic rings. The van der Waals surface area contributed by atoms with Crippen molar-refractivity contribution in [3.8, 4) is 0 Å². The minimum atomic E-state index is -0.306. The Hall–Kier alpha value is -0.120. The first-order chi connectivity index (χ1) is 5.86. The number of aliphatic hydroxyl groups excluding tert-OH is 1. The Bertz CT molecular complexity index is 145. The van der Waals surface area contributed by atoms with E-state index >= 15 is 0 Å². The van der Waals surface area contributed by atoms with E-state index in [1.807, 2.05) is 0 Å². The van der Waals surface area contributed by atoms with Crippen molar-refractivity contribution in [3.63, 3.8) is 0 Å². The molecule has 2 fully saturated rings. The summed E-state index contributed by atoms with van der Waals surface area (Å²) in [5, 5.41) is 9.53. The highest BCUT2D eigenvalue weighted by Gasteiger charge is 2.29. The molecule has 1 saturated carbocycles. The minimum Gasteiger partial charge on any atom is -0.390 e. The molecular formula is C9H16O3. The summed E-state index contributed by atoms with van der Waals surface area (Å²) in [7, 11) is 0. The van der Waals surface area contributed by atoms with Gasteiger partial charge in [0.1, 0.15) is 6.10 Å². The normalized spacial score (nSPS) is 37.8. The van der Waals surface area contributed by atoms with Crippen LogP contribution in [0, 0.1) is 0 Å². The van der Waals surface area contributed by atoms with Crippen LogP contribution >= 0.6 is 0 Å². The molecule has 0 amide bonds. The molecule has 3 heteroatoms. The highest BCUT2D eigenvalue weighted by Crippen LogP contribution is 2.25. The van der Waals surface area contributed by atoms with Crippen LogP contribution in [0.5, 0.6) is 0 Å². The van der Waals surface area contributed by atoms with Crippen molar-refractivity contribution in [1.29, 1.82) is 0 Å². The summed E-state index contributed by atoms with van der Waals surface area (Å²) in [5.41, 5.74) is 0. The Morgan fingerprint density at radius 2 is 2.08 bits per heavy atom. The van der Waals surface area contributed by atoms with Crippen molar-refractivity contribution < 1.29 is 14.6 Å². The molecule has 1 heterocycles. The van der Waals surface area contributed by atoms with Crippen molar-refractivity contribution in [2.24, 2.45) is 0 Å². The molecule has 1 saturated heterocycles. The third-order valence-electron chi connectivity index (χ3n) is 2.69. The van der Waals surface area contributed by atoms with Gasteiger partial charge < -0.3 is 14.6 Å². The van der Waals surface area contributed by atoms with Gasteiger partial charge in [0.2, 0.25) is 0 Å². The number of hydrogen-bond donors (Lipinski definition) is 1. The second-order valence-corrected chi connectivity index (χ2v) is 3.66. The first kappa shape index (κ1) is 8.48. The largest absolute Gasteiger partial charge is 0.390 e. The van der Waals surface area contributed by atoms with Gasteiger partial charge >= 0.3 is 0 Å². The van der Waals surface area contributed by atoms with Gasteiger partial charge in [-0.15, -0.1) is 0 Å². The van der Waals surface area contributed by atoms with E-state index in [9.17, 15) is 5.11 Å². The van der Waals surface area contributed by atoms with E-state index < -0.39 is 0 Å². The van der Waals surface area contributed by atoms with Crippen LogP contribution in [0.15, 0.2) is 0 Å². The van der Waals surface area contributed by atoms with Crippen molar-refractivity contribution in [2.75, 3.05) is 13.2 Å². The Morgan fingerprint density at radius 3 is 2.67 bits per heavy atom. The lowest BCUT2D eigenvalue weighted by molar-refractivity contribution is -0.155. The smallest absolute Gasteiger partial charge is 0.107 e. The summed E-state index contributed by atoms with van der Waals surface area (Å²) in [6.45, 7) is 1.24. The van der Waals surface area contributed by atoms with Gasteiger partial charge in [0.25, 0.3) is 0 Å². The maximum atomic E-state index is 9.53. The molecule has 2 unspecified atom stereocenters. The molecule has 0 aromatic carbocycles. The number of aliphatic hydroxyl groups is 1. The van der Waals surface area contributed by atoms with Crippen LogP contribution in [0.3, 0.4) is 0 Å². The first-order valence-electron chi connectivity index (χ1n) is 4.77. The zero-order chi connectivity index (χ0) is 8.39. The average molecular weight is 172 g/mol. The van der Waals surface area contributed by atoms with Crippen molar-refractivity contribution in [1.82, 2.24) is 0 Å². The Morgan fingerprint density at radius 1 is 1.25 bits per heavy atom. The molecule has 12 heavy (non-hydrogen) atoms. The summed E-state index contributed by atoms with van der Waals surface area (Å²) >= 11 is 0. The second-order valence-electron chi connectivity index (χ2n) is 3.66. The molecule has 2 rings (SSSR count). The number of ether oxygens (including phenoxy) is 2. The monoisotopic (exact) mass is 172 g/mol. The number of rotatable bonds is 2. The molecule has 2 atom stereocenters. The van der Waals surface area contributed by atoms with Crippen LogP contribution in [-0.2, 0) is 9.47 Å². The third-order valence-corrected chi connectivity index (χ3v) is 2.69. The van der Waals surface area contributed by atoms with E-state index in [2.05, 4.69) is 0 Å². The predicted octanol–water partition coefficient (Wildman–Crippen LogP) is 0.705. The molecule has 70 valence electrons. The van der Waals surface area contributed by atoms with Crippen LogP contribution in [0.4, 0.5) is 0 Å². The summed E-state index contributed by atoms with van der Waals surface area (Å²) in [6.07, 6.45) is 4.33. The lowest BCUT2D eigenvalue weighted by Gasteiger charge is -2.34. The van der Waals surface area contributed by atoms with E-state index in [1.165, 1.54) is 6.42 Å². The highest BCUT2D eigenvalue weighted by molar-refractivity contribution is 4.77. The van der Waals surface area contributed by atoms with Crippen molar-refractivity contribution >= 4 is 0 Å². The van der Waals surface area contributed by atoms with Crippen LogP contribution < -0.4 is 0 Å². The summed E-state index contributed by atoms with van der Waals surface area (Å²) in [6, 6.07) is 0. The van der Waals surface area contributed by atoms with Crippen LogP contribution in [0.2, 0.25) is 0 Å². The summed E-state index contributed by atoms with van der Waals surface area (Å²) < 4.78 is 10.9. The van der Waals surface area contributed by atoms with Crippen LogP contribution in [0.25, 0.3) is 0 Å². The topological polar surface area (TPSA) is 38.7 Å². The zero-order valence-corrected chi connectivity index (χ0v) is 7.24. The molecule has 2 aliphatic rings. The molecule has 1 N–H and O–H groups in total. The van der Waals surface area contributed by atoms with Gasteiger partial charge in [-0.3, -0.25) is 0 Å². The molecule has 3 nitrogen and oxygen atoms in total. The van der Waals surface area contributed by atoms with Crippen molar-refractivity contribution in [2.45, 2.75) is 44.0 Å². The fourth-order valence-corrected chi connectivity index (χ4v) is 1.58. The maximum Gasteiger partial charge on any atom is 0.107 e.